The van der Waals surface area contributed by atoms with E-state index >= 15 is 0 Å². The molecule has 2 nitrogen and oxygen atoms in total. The van der Waals surface area contributed by atoms with Crippen molar-refractivity contribution in [2.45, 2.75) is 58.8 Å². The third-order valence-corrected chi connectivity index (χ3v) is 5.07. The van der Waals surface area contributed by atoms with Crippen LogP contribution in [-0.2, 0) is 0 Å². The lowest BCUT2D eigenvalue weighted by atomic mass is 10.0. The molecule has 0 unspecified atom stereocenters. The van der Waals surface area contributed by atoms with E-state index in [1.807, 2.05) is 0 Å². The number of rotatable bonds is 12. The van der Waals surface area contributed by atoms with Gasteiger partial charge in [0.2, 0.25) is 0 Å². The van der Waals surface area contributed by atoms with Crippen molar-refractivity contribution in [2.75, 3.05) is 18.5 Å². The molecule has 0 bridgehead atoms. The van der Waals surface area contributed by atoms with Crippen LogP contribution in [0.5, 0.6) is 11.5 Å². The molecule has 0 spiro atoms. The molecular formula is C22H31BrO2. The summed E-state index contributed by atoms with van der Waals surface area (Å²) in [6.45, 7) is 5.96. The highest BCUT2D eigenvalue weighted by Gasteiger charge is 2.06. The van der Waals surface area contributed by atoms with Gasteiger partial charge in [-0.2, -0.15) is 0 Å². The van der Waals surface area contributed by atoms with E-state index in [9.17, 15) is 0 Å². The van der Waals surface area contributed by atoms with Gasteiger partial charge in [0.1, 0.15) is 11.5 Å². The standard InChI is InChI=1S/C22H31BrO2/c1-3-4-5-6-8-15-24-20-11-12-21-18(2)22(13-10-19(21)17-20)25-16-9-7-14-23/h10-13,17H,3-9,14-16H2,1-2H3. The Balaban J connectivity index is 1.91. The first kappa shape index (κ1) is 20.1. The van der Waals surface area contributed by atoms with Crippen molar-refractivity contribution < 1.29 is 9.47 Å². The number of benzene rings is 2. The molecule has 0 saturated heterocycles. The van der Waals surface area contributed by atoms with Crippen LogP contribution in [0.4, 0.5) is 0 Å². The Morgan fingerprint density at radius 1 is 0.840 bits per heavy atom. The van der Waals surface area contributed by atoms with Crippen molar-refractivity contribution in [3.8, 4) is 11.5 Å². The van der Waals surface area contributed by atoms with Crippen molar-refractivity contribution in [1.29, 1.82) is 0 Å². The Bertz CT molecular complexity index is 639. The van der Waals surface area contributed by atoms with Crippen LogP contribution >= 0.6 is 15.9 Å². The Morgan fingerprint density at radius 2 is 1.60 bits per heavy atom. The van der Waals surface area contributed by atoms with Crippen LogP contribution < -0.4 is 9.47 Å². The number of unbranched alkanes of at least 4 members (excludes halogenated alkanes) is 5. The topological polar surface area (TPSA) is 18.5 Å². The molecule has 0 saturated carbocycles. The predicted octanol–water partition coefficient (Wildman–Crippen LogP) is 7.05. The molecule has 138 valence electrons. The summed E-state index contributed by atoms with van der Waals surface area (Å²) in [5.74, 6) is 1.96. The molecule has 0 N–H and O–H groups in total. The number of halogens is 1. The van der Waals surface area contributed by atoms with Gasteiger partial charge in [0.25, 0.3) is 0 Å². The Hall–Kier alpha value is -1.22. The van der Waals surface area contributed by atoms with E-state index in [1.165, 1.54) is 42.0 Å². The molecule has 2 aromatic carbocycles. The fourth-order valence-corrected chi connectivity index (χ4v) is 3.36. The van der Waals surface area contributed by atoms with E-state index < -0.39 is 0 Å². The molecular weight excluding hydrogens is 376 g/mol. The van der Waals surface area contributed by atoms with Crippen molar-refractivity contribution in [3.05, 3.63) is 35.9 Å². The number of alkyl halides is 1. The minimum Gasteiger partial charge on any atom is -0.494 e. The quantitative estimate of drug-likeness (QED) is 0.277. The third-order valence-electron chi connectivity index (χ3n) is 4.51. The van der Waals surface area contributed by atoms with E-state index in [4.69, 9.17) is 9.47 Å². The maximum Gasteiger partial charge on any atom is 0.122 e. The number of hydrogen-bond donors (Lipinski definition) is 0. The molecule has 0 aliphatic heterocycles. The summed E-state index contributed by atoms with van der Waals surface area (Å²) in [6.07, 6.45) is 8.55. The molecule has 0 fully saturated rings. The summed E-state index contributed by atoms with van der Waals surface area (Å²) < 4.78 is 11.9. The summed E-state index contributed by atoms with van der Waals surface area (Å²) in [5.41, 5.74) is 1.21. The second-order valence-electron chi connectivity index (χ2n) is 6.58. The van der Waals surface area contributed by atoms with Crippen LogP contribution in [0.25, 0.3) is 10.8 Å². The van der Waals surface area contributed by atoms with Gasteiger partial charge in [-0.25, -0.2) is 0 Å². The first-order chi connectivity index (χ1) is 12.3. The monoisotopic (exact) mass is 406 g/mol. The lowest BCUT2D eigenvalue weighted by Crippen LogP contribution is -2.00. The number of ether oxygens (including phenoxy) is 2. The van der Waals surface area contributed by atoms with E-state index in [-0.39, 0.29) is 0 Å². The fraction of sp³-hybridized carbons (Fsp3) is 0.545. The summed E-state index contributed by atoms with van der Waals surface area (Å²) in [4.78, 5) is 0. The molecule has 0 heterocycles. The fourth-order valence-electron chi connectivity index (χ4n) is 2.96. The molecule has 3 heteroatoms. The molecule has 0 radical (unpaired) electrons. The average molecular weight is 407 g/mol. The van der Waals surface area contributed by atoms with Crippen molar-refractivity contribution in [3.63, 3.8) is 0 Å². The van der Waals surface area contributed by atoms with Gasteiger partial charge in [0.15, 0.2) is 0 Å². The summed E-state index contributed by atoms with van der Waals surface area (Å²) in [5, 5.41) is 3.50. The van der Waals surface area contributed by atoms with Gasteiger partial charge in [0, 0.05) is 5.33 Å². The lowest BCUT2D eigenvalue weighted by molar-refractivity contribution is 0.304. The maximum absolute atomic E-state index is 5.94. The molecule has 2 rings (SSSR count). The zero-order valence-electron chi connectivity index (χ0n) is 15.7. The highest BCUT2D eigenvalue weighted by atomic mass is 79.9. The van der Waals surface area contributed by atoms with Gasteiger partial charge in [-0.05, 0) is 60.7 Å². The Kier molecular flexibility index (Phi) is 9.17. The normalized spacial score (nSPS) is 11.0. The number of fused-ring (bicyclic) bond motifs is 1. The number of hydrogen-bond acceptors (Lipinski definition) is 2. The molecule has 2 aromatic rings. The van der Waals surface area contributed by atoms with Gasteiger partial charge < -0.3 is 9.47 Å². The van der Waals surface area contributed by atoms with E-state index in [0.29, 0.717) is 0 Å². The average Bonchev–Trinajstić information content (AvgIpc) is 2.63. The molecule has 0 aromatic heterocycles. The maximum atomic E-state index is 5.94. The number of aryl methyl sites for hydroxylation is 1. The SMILES string of the molecule is CCCCCCCOc1ccc2c(C)c(OCCCCBr)ccc2c1. The molecule has 25 heavy (non-hydrogen) atoms. The minimum absolute atomic E-state index is 0.775. The van der Waals surface area contributed by atoms with Crippen LogP contribution in [0.2, 0.25) is 0 Å². The van der Waals surface area contributed by atoms with Crippen molar-refractivity contribution in [1.82, 2.24) is 0 Å². The van der Waals surface area contributed by atoms with E-state index in [0.717, 1.165) is 49.3 Å². The smallest absolute Gasteiger partial charge is 0.122 e. The Morgan fingerprint density at radius 3 is 2.40 bits per heavy atom. The van der Waals surface area contributed by atoms with Crippen LogP contribution in [0.3, 0.4) is 0 Å². The van der Waals surface area contributed by atoms with Gasteiger partial charge in [-0.1, -0.05) is 60.7 Å². The second kappa shape index (κ2) is 11.4. The summed E-state index contributed by atoms with van der Waals surface area (Å²) >= 11 is 3.46. The second-order valence-corrected chi connectivity index (χ2v) is 7.37. The van der Waals surface area contributed by atoms with Gasteiger partial charge in [0.05, 0.1) is 13.2 Å². The van der Waals surface area contributed by atoms with Crippen LogP contribution in [0.15, 0.2) is 30.3 Å². The van der Waals surface area contributed by atoms with Crippen molar-refractivity contribution in [2.24, 2.45) is 0 Å². The molecule has 0 aliphatic carbocycles. The summed E-state index contributed by atoms with van der Waals surface area (Å²) in [6, 6.07) is 10.6. The van der Waals surface area contributed by atoms with Gasteiger partial charge in [-0.3, -0.25) is 0 Å². The van der Waals surface area contributed by atoms with Crippen molar-refractivity contribution >= 4 is 26.7 Å². The third kappa shape index (κ3) is 6.54. The van der Waals surface area contributed by atoms with E-state index in [1.54, 1.807) is 0 Å². The van der Waals surface area contributed by atoms with Crippen LogP contribution in [0.1, 0.15) is 57.4 Å². The molecule has 0 aliphatic rings. The Labute approximate surface area is 161 Å². The summed E-state index contributed by atoms with van der Waals surface area (Å²) in [7, 11) is 0. The largest absolute Gasteiger partial charge is 0.494 e. The molecule has 0 atom stereocenters. The minimum atomic E-state index is 0.775. The highest BCUT2D eigenvalue weighted by Crippen LogP contribution is 2.30. The van der Waals surface area contributed by atoms with Gasteiger partial charge >= 0.3 is 0 Å². The highest BCUT2D eigenvalue weighted by molar-refractivity contribution is 9.09. The van der Waals surface area contributed by atoms with Crippen LogP contribution in [0, 0.1) is 6.92 Å². The van der Waals surface area contributed by atoms with Crippen LogP contribution in [-0.4, -0.2) is 18.5 Å². The zero-order valence-corrected chi connectivity index (χ0v) is 17.2. The van der Waals surface area contributed by atoms with E-state index in [2.05, 4.69) is 60.1 Å². The first-order valence-corrected chi connectivity index (χ1v) is 10.7. The lowest BCUT2D eigenvalue weighted by Gasteiger charge is -2.13. The zero-order chi connectivity index (χ0) is 17.9. The van der Waals surface area contributed by atoms with Gasteiger partial charge in [-0.15, -0.1) is 0 Å². The predicted molar refractivity (Wildman–Crippen MR) is 111 cm³/mol. The first-order valence-electron chi connectivity index (χ1n) is 9.61. The molecule has 0 amide bonds.